The Morgan fingerprint density at radius 1 is 1.53 bits per heavy atom. The smallest absolute Gasteiger partial charge is 0.274 e. The summed E-state index contributed by atoms with van der Waals surface area (Å²) in [5, 5.41) is 13.6. The predicted octanol–water partition coefficient (Wildman–Crippen LogP) is -1.62. The van der Waals surface area contributed by atoms with Gasteiger partial charge in [0.25, 0.3) is 5.91 Å². The van der Waals surface area contributed by atoms with E-state index in [0.29, 0.717) is 13.0 Å². The average molecular weight is 264 g/mol. The molecular formula is C11H16N6O2. The van der Waals surface area contributed by atoms with E-state index in [1.54, 1.807) is 22.8 Å². The number of likely N-dealkylation sites (tertiary alicyclic amines) is 1. The van der Waals surface area contributed by atoms with Crippen molar-refractivity contribution in [2.75, 3.05) is 26.7 Å². The molecule has 2 fully saturated rings. The zero-order valence-corrected chi connectivity index (χ0v) is 10.7. The minimum absolute atomic E-state index is 0.0519. The molecule has 0 saturated carbocycles. The fourth-order valence-corrected chi connectivity index (χ4v) is 2.21. The van der Waals surface area contributed by atoms with Gasteiger partial charge in [0, 0.05) is 26.7 Å². The van der Waals surface area contributed by atoms with E-state index in [1.165, 1.54) is 0 Å². The molecule has 0 spiro atoms. The Balaban J connectivity index is 1.63. The van der Waals surface area contributed by atoms with Gasteiger partial charge in [0.2, 0.25) is 5.91 Å². The van der Waals surface area contributed by atoms with Crippen molar-refractivity contribution in [2.45, 2.75) is 18.5 Å². The fraction of sp³-hybridized carbons (Fsp3) is 0.636. The second-order valence-electron chi connectivity index (χ2n) is 4.97. The minimum Gasteiger partial charge on any atom is -0.344 e. The van der Waals surface area contributed by atoms with Gasteiger partial charge < -0.3 is 15.5 Å². The summed E-state index contributed by atoms with van der Waals surface area (Å²) in [6.45, 7) is 2.36. The van der Waals surface area contributed by atoms with E-state index >= 15 is 0 Å². The highest BCUT2D eigenvalue weighted by molar-refractivity contribution is 5.96. The summed E-state index contributed by atoms with van der Waals surface area (Å²) in [5.74, 6) is -0.392. The second kappa shape index (κ2) is 4.61. The first-order valence-electron chi connectivity index (χ1n) is 6.33. The molecule has 2 amide bonds. The van der Waals surface area contributed by atoms with Crippen molar-refractivity contribution < 1.29 is 9.59 Å². The molecule has 2 aliphatic heterocycles. The number of aromatic nitrogens is 3. The summed E-state index contributed by atoms with van der Waals surface area (Å²) in [7, 11) is 1.73. The Kier molecular flexibility index (Phi) is 2.94. The molecule has 3 heterocycles. The second-order valence-corrected chi connectivity index (χ2v) is 4.97. The van der Waals surface area contributed by atoms with Gasteiger partial charge in [-0.05, 0) is 6.42 Å². The number of hydrogen-bond acceptors (Lipinski definition) is 5. The highest BCUT2D eigenvalue weighted by Crippen LogP contribution is 2.11. The predicted molar refractivity (Wildman–Crippen MR) is 65.4 cm³/mol. The maximum Gasteiger partial charge on any atom is 0.274 e. The van der Waals surface area contributed by atoms with Crippen LogP contribution in [0.1, 0.15) is 23.0 Å². The number of nitrogens with zero attached hydrogens (tertiary/aromatic N) is 4. The van der Waals surface area contributed by atoms with Gasteiger partial charge in [-0.3, -0.25) is 9.59 Å². The van der Waals surface area contributed by atoms with Crippen LogP contribution in [0.15, 0.2) is 6.20 Å². The Bertz CT molecular complexity index is 509. The first kappa shape index (κ1) is 12.1. The molecule has 1 aromatic heterocycles. The molecule has 1 atom stereocenters. The van der Waals surface area contributed by atoms with Crippen LogP contribution in [0.25, 0.3) is 0 Å². The molecule has 0 aromatic carbocycles. The molecule has 1 aromatic rings. The molecule has 2 aliphatic rings. The monoisotopic (exact) mass is 264 g/mol. The summed E-state index contributed by atoms with van der Waals surface area (Å²) in [5.41, 5.74) is 0.259. The molecule has 19 heavy (non-hydrogen) atoms. The van der Waals surface area contributed by atoms with Crippen molar-refractivity contribution in [1.82, 2.24) is 30.5 Å². The Labute approximate surface area is 110 Å². The van der Waals surface area contributed by atoms with E-state index in [0.717, 1.165) is 13.1 Å². The van der Waals surface area contributed by atoms with E-state index in [4.69, 9.17) is 0 Å². The van der Waals surface area contributed by atoms with Gasteiger partial charge in [0.15, 0.2) is 5.69 Å². The highest BCUT2D eigenvalue weighted by atomic mass is 16.2. The summed E-state index contributed by atoms with van der Waals surface area (Å²) in [6.07, 6.45) is 2.27. The van der Waals surface area contributed by atoms with Crippen molar-refractivity contribution in [2.24, 2.45) is 0 Å². The first-order valence-corrected chi connectivity index (χ1v) is 6.33. The summed E-state index contributed by atoms with van der Waals surface area (Å²) in [4.78, 5) is 25.3. The molecule has 0 aliphatic carbocycles. The third-order valence-electron chi connectivity index (χ3n) is 3.61. The van der Waals surface area contributed by atoms with Crippen LogP contribution in [0.3, 0.4) is 0 Å². The van der Waals surface area contributed by atoms with E-state index in [-0.39, 0.29) is 23.6 Å². The zero-order chi connectivity index (χ0) is 13.4. The molecule has 2 saturated heterocycles. The zero-order valence-electron chi connectivity index (χ0n) is 10.7. The third kappa shape index (κ3) is 2.19. The van der Waals surface area contributed by atoms with Crippen LogP contribution in [-0.2, 0) is 4.79 Å². The Morgan fingerprint density at radius 2 is 2.32 bits per heavy atom. The van der Waals surface area contributed by atoms with E-state index in [2.05, 4.69) is 20.9 Å². The van der Waals surface area contributed by atoms with Crippen LogP contribution >= 0.6 is 0 Å². The lowest BCUT2D eigenvalue weighted by Crippen LogP contribution is -2.43. The molecular weight excluding hydrogens is 248 g/mol. The fourth-order valence-electron chi connectivity index (χ4n) is 2.21. The van der Waals surface area contributed by atoms with E-state index < -0.39 is 6.04 Å². The van der Waals surface area contributed by atoms with Gasteiger partial charge in [0.1, 0.15) is 6.04 Å². The Hall–Kier alpha value is -1.96. The van der Waals surface area contributed by atoms with Crippen molar-refractivity contribution in [3.63, 3.8) is 0 Å². The topological polar surface area (TPSA) is 92.2 Å². The van der Waals surface area contributed by atoms with Gasteiger partial charge >= 0.3 is 0 Å². The molecule has 2 N–H and O–H groups in total. The number of carbonyl (C=O) groups excluding carboxylic acids is 2. The maximum atomic E-state index is 12.0. The number of hydrogen-bond donors (Lipinski definition) is 2. The quantitative estimate of drug-likeness (QED) is 0.685. The minimum atomic E-state index is -0.437. The molecule has 0 radical (unpaired) electrons. The SMILES string of the molecule is CN1CCC(NC(=O)c2cn(C3CNC3)nn2)C1=O. The van der Waals surface area contributed by atoms with Crippen LogP contribution in [-0.4, -0.2) is 64.4 Å². The van der Waals surface area contributed by atoms with Crippen LogP contribution in [0, 0.1) is 0 Å². The third-order valence-corrected chi connectivity index (χ3v) is 3.61. The number of rotatable bonds is 3. The highest BCUT2D eigenvalue weighted by Gasteiger charge is 2.31. The summed E-state index contributed by atoms with van der Waals surface area (Å²) in [6, 6.07) is -0.165. The lowest BCUT2D eigenvalue weighted by molar-refractivity contribution is -0.128. The number of likely N-dealkylation sites (N-methyl/N-ethyl adjacent to an activating group) is 1. The van der Waals surface area contributed by atoms with Crippen LogP contribution < -0.4 is 10.6 Å². The molecule has 8 heteroatoms. The van der Waals surface area contributed by atoms with Crippen molar-refractivity contribution >= 4 is 11.8 Å². The molecule has 0 bridgehead atoms. The first-order chi connectivity index (χ1) is 9.15. The van der Waals surface area contributed by atoms with E-state index in [9.17, 15) is 9.59 Å². The van der Waals surface area contributed by atoms with Gasteiger partial charge in [-0.2, -0.15) is 0 Å². The number of nitrogens with one attached hydrogen (secondary N) is 2. The standard InChI is InChI=1S/C11H16N6O2/c1-16-3-2-8(11(16)19)13-10(18)9-6-17(15-14-9)7-4-12-5-7/h6-8,12H,2-5H2,1H3,(H,13,18). The maximum absolute atomic E-state index is 12.0. The number of carbonyl (C=O) groups is 2. The van der Waals surface area contributed by atoms with Gasteiger partial charge in [0.05, 0.1) is 12.2 Å². The largest absolute Gasteiger partial charge is 0.344 e. The van der Waals surface area contributed by atoms with Crippen molar-refractivity contribution in [3.8, 4) is 0 Å². The molecule has 1 unspecified atom stereocenters. The van der Waals surface area contributed by atoms with Crippen LogP contribution in [0.2, 0.25) is 0 Å². The normalized spacial score (nSPS) is 23.5. The van der Waals surface area contributed by atoms with Crippen LogP contribution in [0.4, 0.5) is 0 Å². The summed E-state index contributed by atoms with van der Waals surface area (Å²) < 4.78 is 1.69. The average Bonchev–Trinajstić information content (AvgIpc) is 2.90. The lowest BCUT2D eigenvalue weighted by Gasteiger charge is -2.26. The van der Waals surface area contributed by atoms with Crippen molar-refractivity contribution in [1.29, 1.82) is 0 Å². The lowest BCUT2D eigenvalue weighted by atomic mass is 10.2. The molecule has 3 rings (SSSR count). The van der Waals surface area contributed by atoms with Crippen molar-refractivity contribution in [3.05, 3.63) is 11.9 Å². The van der Waals surface area contributed by atoms with Crippen LogP contribution in [0.5, 0.6) is 0 Å². The van der Waals surface area contributed by atoms with Gasteiger partial charge in [-0.1, -0.05) is 5.21 Å². The Morgan fingerprint density at radius 3 is 2.89 bits per heavy atom. The van der Waals surface area contributed by atoms with Gasteiger partial charge in [-0.25, -0.2) is 4.68 Å². The summed E-state index contributed by atoms with van der Waals surface area (Å²) >= 11 is 0. The molecule has 8 nitrogen and oxygen atoms in total. The van der Waals surface area contributed by atoms with Gasteiger partial charge in [-0.15, -0.1) is 5.10 Å². The molecule has 102 valence electrons. The number of amides is 2. The van der Waals surface area contributed by atoms with E-state index in [1.807, 2.05) is 0 Å².